The van der Waals surface area contributed by atoms with Gasteiger partial charge < -0.3 is 20.3 Å². The fourth-order valence-electron chi connectivity index (χ4n) is 3.75. The number of carboxylic acids is 1. The van der Waals surface area contributed by atoms with Crippen molar-refractivity contribution in [2.75, 3.05) is 0 Å². The van der Waals surface area contributed by atoms with Gasteiger partial charge in [0.1, 0.15) is 23.3 Å². The SMILES string of the molecule is N#Cc1nc(C(=O)NC(CC(=O)O)Cc2ccccc2)c(O)c2ccc(Oc3ccccc3)cc12. The summed E-state index contributed by atoms with van der Waals surface area (Å²) in [5.74, 6) is -1.22. The molecule has 0 fully saturated rings. The maximum atomic E-state index is 13.0. The summed E-state index contributed by atoms with van der Waals surface area (Å²) in [6, 6.07) is 24.1. The molecule has 3 aromatic carbocycles. The molecule has 1 amide bonds. The predicted octanol–water partition coefficient (Wildman–Crippen LogP) is 4.42. The lowest BCUT2D eigenvalue weighted by Gasteiger charge is -2.18. The van der Waals surface area contributed by atoms with Crippen LogP contribution < -0.4 is 10.1 Å². The highest BCUT2D eigenvalue weighted by Gasteiger charge is 2.23. The third kappa shape index (κ3) is 5.54. The number of nitriles is 1. The average molecular weight is 467 g/mol. The zero-order valence-electron chi connectivity index (χ0n) is 18.5. The van der Waals surface area contributed by atoms with Gasteiger partial charge in [0.05, 0.1) is 6.42 Å². The lowest BCUT2D eigenvalue weighted by molar-refractivity contribution is -0.137. The van der Waals surface area contributed by atoms with Crippen LogP contribution in [0.2, 0.25) is 0 Å². The Morgan fingerprint density at radius 2 is 1.66 bits per heavy atom. The maximum Gasteiger partial charge on any atom is 0.305 e. The first-order valence-corrected chi connectivity index (χ1v) is 10.8. The summed E-state index contributed by atoms with van der Waals surface area (Å²) >= 11 is 0. The Labute approximate surface area is 201 Å². The molecular weight excluding hydrogens is 446 g/mol. The van der Waals surface area contributed by atoms with E-state index in [1.54, 1.807) is 30.3 Å². The van der Waals surface area contributed by atoms with E-state index in [2.05, 4.69) is 10.3 Å². The van der Waals surface area contributed by atoms with E-state index in [4.69, 9.17) is 4.74 Å². The molecule has 174 valence electrons. The van der Waals surface area contributed by atoms with Gasteiger partial charge in [0.15, 0.2) is 11.4 Å². The molecule has 0 saturated carbocycles. The smallest absolute Gasteiger partial charge is 0.305 e. The van der Waals surface area contributed by atoms with Gasteiger partial charge >= 0.3 is 5.97 Å². The minimum absolute atomic E-state index is 0.0701. The van der Waals surface area contributed by atoms with Crippen molar-refractivity contribution in [2.24, 2.45) is 0 Å². The van der Waals surface area contributed by atoms with Crippen molar-refractivity contribution in [2.45, 2.75) is 18.9 Å². The number of carbonyl (C=O) groups is 2. The van der Waals surface area contributed by atoms with E-state index in [1.165, 1.54) is 0 Å². The number of hydrogen-bond donors (Lipinski definition) is 3. The lowest BCUT2D eigenvalue weighted by Crippen LogP contribution is -2.38. The number of aromatic hydroxyl groups is 1. The number of aliphatic carboxylic acids is 1. The van der Waals surface area contributed by atoms with Gasteiger partial charge in [-0.2, -0.15) is 5.26 Å². The first kappa shape index (κ1) is 23.3. The Morgan fingerprint density at radius 3 is 2.31 bits per heavy atom. The number of ether oxygens (including phenoxy) is 1. The number of aromatic nitrogens is 1. The van der Waals surface area contributed by atoms with Gasteiger partial charge in [-0.05, 0) is 42.3 Å². The number of hydrogen-bond acceptors (Lipinski definition) is 6. The summed E-state index contributed by atoms with van der Waals surface area (Å²) in [6.07, 6.45) is -0.0429. The summed E-state index contributed by atoms with van der Waals surface area (Å²) in [5, 5.41) is 33.0. The summed E-state index contributed by atoms with van der Waals surface area (Å²) < 4.78 is 5.80. The van der Waals surface area contributed by atoms with Gasteiger partial charge in [-0.3, -0.25) is 9.59 Å². The van der Waals surface area contributed by atoms with Crippen LogP contribution in [0.3, 0.4) is 0 Å². The fraction of sp³-hybridized carbons (Fsp3) is 0.111. The molecular formula is C27H21N3O5. The quantitative estimate of drug-likeness (QED) is 0.349. The molecule has 0 saturated heterocycles. The predicted molar refractivity (Wildman–Crippen MR) is 128 cm³/mol. The van der Waals surface area contributed by atoms with Crippen LogP contribution in [-0.4, -0.2) is 33.1 Å². The van der Waals surface area contributed by atoms with Crippen LogP contribution in [0.4, 0.5) is 0 Å². The van der Waals surface area contributed by atoms with Crippen LogP contribution in [0.15, 0.2) is 78.9 Å². The van der Waals surface area contributed by atoms with Crippen LogP contribution in [-0.2, 0) is 11.2 Å². The monoisotopic (exact) mass is 467 g/mol. The van der Waals surface area contributed by atoms with Crippen LogP contribution in [0.5, 0.6) is 17.2 Å². The zero-order valence-corrected chi connectivity index (χ0v) is 18.5. The van der Waals surface area contributed by atoms with Gasteiger partial charge in [-0.25, -0.2) is 4.98 Å². The number of carboxylic acid groups (broad SMARTS) is 1. The van der Waals surface area contributed by atoms with E-state index in [1.807, 2.05) is 54.6 Å². The molecule has 1 unspecified atom stereocenters. The van der Waals surface area contributed by atoms with Gasteiger partial charge in [-0.1, -0.05) is 48.5 Å². The molecule has 0 spiro atoms. The molecule has 1 atom stereocenters. The second-order valence-electron chi connectivity index (χ2n) is 7.85. The number of carbonyl (C=O) groups excluding carboxylic acids is 1. The topological polar surface area (TPSA) is 133 Å². The van der Waals surface area contributed by atoms with Gasteiger partial charge in [0, 0.05) is 16.8 Å². The number of amides is 1. The molecule has 35 heavy (non-hydrogen) atoms. The maximum absolute atomic E-state index is 13.0. The van der Waals surface area contributed by atoms with Crippen molar-refractivity contribution in [3.63, 3.8) is 0 Å². The van der Waals surface area contributed by atoms with Crippen molar-refractivity contribution in [3.8, 4) is 23.3 Å². The van der Waals surface area contributed by atoms with E-state index in [-0.39, 0.29) is 29.6 Å². The number of nitrogens with zero attached hydrogens (tertiary/aromatic N) is 2. The molecule has 0 aliphatic rings. The molecule has 8 heteroatoms. The van der Waals surface area contributed by atoms with Crippen LogP contribution in [0.1, 0.15) is 28.2 Å². The van der Waals surface area contributed by atoms with Crippen molar-refractivity contribution in [1.82, 2.24) is 10.3 Å². The molecule has 0 aliphatic heterocycles. The first-order valence-electron chi connectivity index (χ1n) is 10.8. The second kappa shape index (κ2) is 10.4. The Kier molecular flexibility index (Phi) is 6.88. The van der Waals surface area contributed by atoms with E-state index < -0.39 is 23.7 Å². The number of fused-ring (bicyclic) bond motifs is 1. The third-order valence-electron chi connectivity index (χ3n) is 5.33. The Bertz CT molecular complexity index is 1420. The minimum atomic E-state index is -1.08. The van der Waals surface area contributed by atoms with Crippen LogP contribution in [0.25, 0.3) is 10.8 Å². The first-order chi connectivity index (χ1) is 16.9. The van der Waals surface area contributed by atoms with Crippen LogP contribution >= 0.6 is 0 Å². The largest absolute Gasteiger partial charge is 0.505 e. The van der Waals surface area contributed by atoms with Gasteiger partial charge in [0.2, 0.25) is 0 Å². The van der Waals surface area contributed by atoms with Crippen LogP contribution in [0, 0.1) is 11.3 Å². The normalized spacial score (nSPS) is 11.4. The summed E-state index contributed by atoms with van der Waals surface area (Å²) in [6.45, 7) is 0. The van der Waals surface area contributed by atoms with Gasteiger partial charge in [-0.15, -0.1) is 0 Å². The summed E-state index contributed by atoms with van der Waals surface area (Å²) in [7, 11) is 0. The Hall–Kier alpha value is -4.90. The molecule has 4 rings (SSSR count). The lowest BCUT2D eigenvalue weighted by atomic mass is 10.0. The number of rotatable bonds is 8. The summed E-state index contributed by atoms with van der Waals surface area (Å²) in [4.78, 5) is 28.4. The molecule has 0 radical (unpaired) electrons. The molecule has 8 nitrogen and oxygen atoms in total. The second-order valence-corrected chi connectivity index (χ2v) is 7.85. The zero-order chi connectivity index (χ0) is 24.8. The highest BCUT2D eigenvalue weighted by molar-refractivity contribution is 6.03. The van der Waals surface area contributed by atoms with E-state index in [0.717, 1.165) is 5.56 Å². The van der Waals surface area contributed by atoms with E-state index in [0.29, 0.717) is 16.9 Å². The molecule has 1 aromatic heterocycles. The highest BCUT2D eigenvalue weighted by atomic mass is 16.5. The number of pyridine rings is 1. The molecule has 1 heterocycles. The number of nitrogens with one attached hydrogen (secondary N) is 1. The summed E-state index contributed by atoms with van der Waals surface area (Å²) in [5.41, 5.74) is 0.423. The number of benzene rings is 3. The highest BCUT2D eigenvalue weighted by Crippen LogP contribution is 2.33. The van der Waals surface area contributed by atoms with Crippen molar-refractivity contribution in [1.29, 1.82) is 5.26 Å². The van der Waals surface area contributed by atoms with Crippen molar-refractivity contribution < 1.29 is 24.5 Å². The molecule has 3 N–H and O–H groups in total. The van der Waals surface area contributed by atoms with E-state index >= 15 is 0 Å². The van der Waals surface area contributed by atoms with Gasteiger partial charge in [0.25, 0.3) is 5.91 Å². The minimum Gasteiger partial charge on any atom is -0.505 e. The number of para-hydroxylation sites is 1. The van der Waals surface area contributed by atoms with Crippen molar-refractivity contribution in [3.05, 3.63) is 95.8 Å². The Morgan fingerprint density at radius 1 is 0.971 bits per heavy atom. The molecule has 4 aromatic rings. The third-order valence-corrected chi connectivity index (χ3v) is 5.33. The average Bonchev–Trinajstić information content (AvgIpc) is 2.85. The fourth-order valence-corrected chi connectivity index (χ4v) is 3.75. The van der Waals surface area contributed by atoms with Crippen molar-refractivity contribution >= 4 is 22.6 Å². The molecule has 0 bridgehead atoms. The Balaban J connectivity index is 1.64. The van der Waals surface area contributed by atoms with E-state index in [9.17, 15) is 25.1 Å². The standard InChI is InChI=1S/C27H21N3O5/c28-16-23-22-15-20(35-19-9-5-2-6-10-19)11-12-21(22)26(33)25(30-23)27(34)29-18(14-24(31)32)13-17-7-3-1-4-8-17/h1-12,15,18,33H,13-14H2,(H,29,34)(H,31,32). The molecule has 0 aliphatic carbocycles.